The van der Waals surface area contributed by atoms with E-state index >= 15 is 0 Å². The molecule has 0 spiro atoms. The maximum Gasteiger partial charge on any atom is 0.410 e. The molecule has 1 heterocycles. The summed E-state index contributed by atoms with van der Waals surface area (Å²) in [5.41, 5.74) is 6.34. The Hall–Kier alpha value is -1.56. The largest absolute Gasteiger partial charge is 0.410 e. The first-order valence-electron chi connectivity index (χ1n) is 6.12. The van der Waals surface area contributed by atoms with Gasteiger partial charge in [-0.2, -0.15) is 13.2 Å². The predicted molar refractivity (Wildman–Crippen MR) is 65.8 cm³/mol. The zero-order valence-electron chi connectivity index (χ0n) is 10.3. The third-order valence-corrected chi connectivity index (χ3v) is 3.27. The molecule has 0 fully saturated rings. The van der Waals surface area contributed by atoms with E-state index in [0.29, 0.717) is 18.5 Å². The van der Waals surface area contributed by atoms with Crippen LogP contribution < -0.4 is 10.6 Å². The summed E-state index contributed by atoms with van der Waals surface area (Å²) in [4.78, 5) is 12.8. The molecule has 2 rings (SSSR count). The van der Waals surface area contributed by atoms with E-state index in [2.05, 4.69) is 0 Å². The number of fused-ring (bicyclic) bond motifs is 1. The fourth-order valence-corrected chi connectivity index (χ4v) is 2.37. The molecule has 1 aromatic rings. The lowest BCUT2D eigenvalue weighted by molar-refractivity contribution is -0.152. The molecule has 1 aliphatic rings. The van der Waals surface area contributed by atoms with Crippen molar-refractivity contribution in [1.29, 1.82) is 0 Å². The van der Waals surface area contributed by atoms with Gasteiger partial charge in [0.05, 0.1) is 0 Å². The van der Waals surface area contributed by atoms with Crippen molar-refractivity contribution >= 4 is 11.6 Å². The topological polar surface area (TPSA) is 46.3 Å². The van der Waals surface area contributed by atoms with E-state index in [1.165, 1.54) is 0 Å². The number of hydrogen-bond donors (Lipinski definition) is 1. The lowest BCUT2D eigenvalue weighted by Gasteiger charge is -2.32. The number of aryl methyl sites for hydroxylation is 1. The highest BCUT2D eigenvalue weighted by Crippen LogP contribution is 2.33. The van der Waals surface area contributed by atoms with E-state index in [1.807, 2.05) is 0 Å². The van der Waals surface area contributed by atoms with E-state index in [1.54, 1.807) is 24.3 Å². The van der Waals surface area contributed by atoms with E-state index in [4.69, 9.17) is 5.73 Å². The number of benzene rings is 1. The van der Waals surface area contributed by atoms with E-state index < -0.39 is 24.7 Å². The van der Waals surface area contributed by atoms with Crippen molar-refractivity contribution in [1.82, 2.24) is 0 Å². The van der Waals surface area contributed by atoms with Crippen LogP contribution in [0.2, 0.25) is 0 Å². The average Bonchev–Trinajstić information content (AvgIpc) is 2.49. The molecule has 1 unspecified atom stereocenters. The summed E-state index contributed by atoms with van der Waals surface area (Å²) in [5.74, 6) is -0.516. The van der Waals surface area contributed by atoms with Gasteiger partial charge >= 0.3 is 6.18 Å². The highest BCUT2D eigenvalue weighted by atomic mass is 19.4. The van der Waals surface area contributed by atoms with Crippen LogP contribution in [0.25, 0.3) is 0 Å². The number of carbonyl (C=O) groups is 1. The van der Waals surface area contributed by atoms with Crippen LogP contribution in [-0.2, 0) is 11.2 Å². The summed E-state index contributed by atoms with van der Waals surface area (Å²) >= 11 is 0. The smallest absolute Gasteiger partial charge is 0.328 e. The van der Waals surface area contributed by atoms with Crippen LogP contribution in [0.5, 0.6) is 0 Å². The van der Waals surface area contributed by atoms with Crippen molar-refractivity contribution in [3.63, 3.8) is 0 Å². The highest BCUT2D eigenvalue weighted by Gasteiger charge is 2.45. The molecule has 0 saturated carbocycles. The van der Waals surface area contributed by atoms with Gasteiger partial charge in [0.25, 0.3) is 0 Å². The molecule has 0 bridgehead atoms. The molecule has 1 atom stereocenters. The van der Waals surface area contributed by atoms with Crippen LogP contribution in [0, 0.1) is 0 Å². The molecular weight excluding hydrogens is 257 g/mol. The third-order valence-electron chi connectivity index (χ3n) is 3.27. The van der Waals surface area contributed by atoms with Crippen molar-refractivity contribution < 1.29 is 18.0 Å². The lowest BCUT2D eigenvalue weighted by Crippen LogP contribution is -2.53. The second kappa shape index (κ2) is 5.21. The van der Waals surface area contributed by atoms with E-state index in [0.717, 1.165) is 10.5 Å². The second-order valence-corrected chi connectivity index (χ2v) is 4.54. The number of halogens is 3. The Morgan fingerprint density at radius 3 is 2.58 bits per heavy atom. The van der Waals surface area contributed by atoms with Crippen molar-refractivity contribution in [2.45, 2.75) is 31.5 Å². The zero-order valence-corrected chi connectivity index (χ0v) is 10.3. The van der Waals surface area contributed by atoms with E-state index in [9.17, 15) is 18.0 Å². The second-order valence-electron chi connectivity index (χ2n) is 4.54. The minimum Gasteiger partial charge on any atom is -0.328 e. The summed E-state index contributed by atoms with van der Waals surface area (Å²) in [6.45, 7) is -0.635. The van der Waals surface area contributed by atoms with Gasteiger partial charge in [0, 0.05) is 18.7 Å². The van der Waals surface area contributed by atoms with Crippen molar-refractivity contribution in [2.24, 2.45) is 5.73 Å². The van der Waals surface area contributed by atoms with Gasteiger partial charge in [-0.3, -0.25) is 9.69 Å². The first kappa shape index (κ1) is 13.9. The Labute approximate surface area is 109 Å². The third kappa shape index (κ3) is 2.73. The molecular formula is C13H15F3N2O. The number of amides is 1. The summed E-state index contributed by atoms with van der Waals surface area (Å²) < 4.78 is 39.1. The Morgan fingerprint density at radius 2 is 1.95 bits per heavy atom. The number of hydrogen-bond acceptors (Lipinski definition) is 2. The minimum atomic E-state index is -4.53. The Balaban J connectivity index is 2.49. The summed E-state index contributed by atoms with van der Waals surface area (Å²) in [6.07, 6.45) is -3.25. The molecule has 0 saturated heterocycles. The number of alkyl halides is 3. The van der Waals surface area contributed by atoms with E-state index in [-0.39, 0.29) is 6.42 Å². The molecule has 0 radical (unpaired) electrons. The SMILES string of the molecule is NCC(N1C(=O)CCCc2ccccc21)C(F)(F)F. The average molecular weight is 272 g/mol. The molecule has 1 aliphatic heterocycles. The van der Waals surface area contributed by atoms with Gasteiger partial charge < -0.3 is 5.73 Å². The van der Waals surface area contributed by atoms with Crippen molar-refractivity contribution in [3.05, 3.63) is 29.8 Å². The molecule has 2 N–H and O–H groups in total. The molecule has 0 aromatic heterocycles. The van der Waals surface area contributed by atoms with Crippen LogP contribution >= 0.6 is 0 Å². The fourth-order valence-electron chi connectivity index (χ4n) is 2.37. The number of nitrogens with zero attached hydrogens (tertiary/aromatic N) is 1. The number of rotatable bonds is 2. The highest BCUT2D eigenvalue weighted by molar-refractivity contribution is 5.95. The monoisotopic (exact) mass is 272 g/mol. The summed E-state index contributed by atoms with van der Waals surface area (Å²) in [6, 6.07) is 4.74. The summed E-state index contributed by atoms with van der Waals surface area (Å²) in [7, 11) is 0. The molecule has 104 valence electrons. The molecule has 3 nitrogen and oxygen atoms in total. The number of carbonyl (C=O) groups excluding carboxylic acids is 1. The molecule has 0 aliphatic carbocycles. The van der Waals surface area contributed by atoms with Crippen LogP contribution in [0.1, 0.15) is 18.4 Å². The quantitative estimate of drug-likeness (QED) is 0.897. The van der Waals surface area contributed by atoms with Gasteiger partial charge in [-0.05, 0) is 24.5 Å². The molecule has 6 heteroatoms. The molecule has 19 heavy (non-hydrogen) atoms. The van der Waals surface area contributed by atoms with Gasteiger partial charge in [0.1, 0.15) is 6.04 Å². The maximum atomic E-state index is 13.0. The first-order valence-corrected chi connectivity index (χ1v) is 6.12. The zero-order chi connectivity index (χ0) is 14.0. The van der Waals surface area contributed by atoms with Crippen molar-refractivity contribution in [2.75, 3.05) is 11.4 Å². The standard InChI is InChI=1S/C13H15F3N2O/c14-13(15,16)11(8-17)18-10-6-2-1-4-9(10)5-3-7-12(18)19/h1-2,4,6,11H,3,5,7-8,17H2. The molecule has 1 amide bonds. The van der Waals surface area contributed by atoms with Crippen LogP contribution in [0.3, 0.4) is 0 Å². The van der Waals surface area contributed by atoms with Crippen LogP contribution in [-0.4, -0.2) is 24.7 Å². The molecule has 1 aromatic carbocycles. The predicted octanol–water partition coefficient (Wildman–Crippen LogP) is 2.25. The van der Waals surface area contributed by atoms with Gasteiger partial charge in [-0.1, -0.05) is 18.2 Å². The van der Waals surface area contributed by atoms with Gasteiger partial charge in [0.2, 0.25) is 5.91 Å². The first-order chi connectivity index (χ1) is 8.95. The minimum absolute atomic E-state index is 0.112. The Morgan fingerprint density at radius 1 is 1.26 bits per heavy atom. The van der Waals surface area contributed by atoms with Gasteiger partial charge in [0.15, 0.2) is 0 Å². The fraction of sp³-hybridized carbons (Fsp3) is 0.462. The Kier molecular flexibility index (Phi) is 3.80. The number of para-hydroxylation sites is 1. The summed E-state index contributed by atoms with van der Waals surface area (Å²) in [5, 5.41) is 0. The van der Waals surface area contributed by atoms with Crippen LogP contribution in [0.4, 0.5) is 18.9 Å². The number of nitrogens with two attached hydrogens (primary N) is 1. The van der Waals surface area contributed by atoms with Gasteiger partial charge in [-0.25, -0.2) is 0 Å². The number of anilines is 1. The maximum absolute atomic E-state index is 13.0. The van der Waals surface area contributed by atoms with Gasteiger partial charge in [-0.15, -0.1) is 0 Å². The van der Waals surface area contributed by atoms with Crippen molar-refractivity contribution in [3.8, 4) is 0 Å². The normalized spacial score (nSPS) is 17.9. The lowest BCUT2D eigenvalue weighted by atomic mass is 10.1. The van der Waals surface area contributed by atoms with Crippen LogP contribution in [0.15, 0.2) is 24.3 Å². The Bertz CT molecular complexity index is 473.